The zero-order valence-corrected chi connectivity index (χ0v) is 12.3. The van der Waals surface area contributed by atoms with Gasteiger partial charge in [-0.1, -0.05) is 18.9 Å². The monoisotopic (exact) mass is 279 g/mol. The van der Waals surface area contributed by atoms with Crippen molar-refractivity contribution in [3.05, 3.63) is 23.8 Å². The molecule has 1 aromatic rings. The van der Waals surface area contributed by atoms with Crippen molar-refractivity contribution in [1.82, 2.24) is 0 Å². The van der Waals surface area contributed by atoms with E-state index in [0.717, 1.165) is 30.6 Å². The average molecular weight is 279 g/mol. The second-order valence-electron chi connectivity index (χ2n) is 5.47. The number of nitrogens with two attached hydrogens (primary N) is 1. The Morgan fingerprint density at radius 3 is 2.50 bits per heavy atom. The maximum Gasteiger partial charge on any atom is 0.160 e. The van der Waals surface area contributed by atoms with Crippen LogP contribution in [0.5, 0.6) is 11.5 Å². The van der Waals surface area contributed by atoms with Gasteiger partial charge >= 0.3 is 0 Å². The standard InChI is InChI=1S/C16H25NO3/c1-19-15-8-7-11(9-16(15)20-2)13(10-17)12-5-3-4-6-14(12)18/h7-9,12-14,18H,3-6,10,17H2,1-2H3/t12-,13-,14-/m0/s1. The largest absolute Gasteiger partial charge is 0.493 e. The van der Waals surface area contributed by atoms with Crippen molar-refractivity contribution < 1.29 is 14.6 Å². The summed E-state index contributed by atoms with van der Waals surface area (Å²) >= 11 is 0. The molecule has 1 aliphatic rings. The maximum atomic E-state index is 10.2. The molecule has 1 aromatic carbocycles. The molecule has 3 N–H and O–H groups in total. The van der Waals surface area contributed by atoms with Gasteiger partial charge < -0.3 is 20.3 Å². The highest BCUT2D eigenvalue weighted by Crippen LogP contribution is 2.38. The van der Waals surface area contributed by atoms with E-state index in [9.17, 15) is 5.11 Å². The molecule has 0 unspecified atom stereocenters. The van der Waals surface area contributed by atoms with Gasteiger partial charge in [0.1, 0.15) is 0 Å². The Kier molecular flexibility index (Phi) is 5.26. The molecule has 4 heteroatoms. The van der Waals surface area contributed by atoms with Crippen LogP contribution < -0.4 is 15.2 Å². The van der Waals surface area contributed by atoms with Gasteiger partial charge in [-0.3, -0.25) is 0 Å². The van der Waals surface area contributed by atoms with Crippen molar-refractivity contribution >= 4 is 0 Å². The minimum Gasteiger partial charge on any atom is -0.493 e. The third-order valence-electron chi connectivity index (χ3n) is 4.39. The first-order valence-corrected chi connectivity index (χ1v) is 7.31. The van der Waals surface area contributed by atoms with E-state index in [4.69, 9.17) is 15.2 Å². The van der Waals surface area contributed by atoms with Crippen LogP contribution >= 0.6 is 0 Å². The summed E-state index contributed by atoms with van der Waals surface area (Å²) in [6, 6.07) is 5.92. The lowest BCUT2D eigenvalue weighted by atomic mass is 9.75. The number of rotatable bonds is 5. The summed E-state index contributed by atoms with van der Waals surface area (Å²) in [6.45, 7) is 0.539. The summed E-state index contributed by atoms with van der Waals surface area (Å²) in [6.07, 6.45) is 3.96. The van der Waals surface area contributed by atoms with Gasteiger partial charge in [0.05, 0.1) is 20.3 Å². The molecule has 0 aromatic heterocycles. The van der Waals surface area contributed by atoms with Crippen molar-refractivity contribution in [2.45, 2.75) is 37.7 Å². The predicted molar refractivity (Wildman–Crippen MR) is 79.3 cm³/mol. The zero-order chi connectivity index (χ0) is 14.5. The molecule has 0 spiro atoms. The summed E-state index contributed by atoms with van der Waals surface area (Å²) in [5.41, 5.74) is 7.10. The number of aliphatic hydroxyl groups excluding tert-OH is 1. The molecule has 4 nitrogen and oxygen atoms in total. The molecule has 0 bridgehead atoms. The molecular weight excluding hydrogens is 254 g/mol. The van der Waals surface area contributed by atoms with Gasteiger partial charge in [-0.15, -0.1) is 0 Å². The average Bonchev–Trinajstić information content (AvgIpc) is 2.49. The topological polar surface area (TPSA) is 64.7 Å². The van der Waals surface area contributed by atoms with Crippen LogP contribution in [-0.2, 0) is 0 Å². The van der Waals surface area contributed by atoms with Gasteiger partial charge in [0.2, 0.25) is 0 Å². The van der Waals surface area contributed by atoms with E-state index in [2.05, 4.69) is 0 Å². The lowest BCUT2D eigenvalue weighted by molar-refractivity contribution is 0.0560. The van der Waals surface area contributed by atoms with E-state index in [1.165, 1.54) is 6.42 Å². The van der Waals surface area contributed by atoms with Crippen LogP contribution in [0.1, 0.15) is 37.2 Å². The third kappa shape index (κ3) is 3.07. The SMILES string of the molecule is COc1ccc([C@H](CN)[C@@H]2CCCC[C@@H]2O)cc1OC. The minimum atomic E-state index is -0.245. The fourth-order valence-electron chi connectivity index (χ4n) is 3.25. The molecule has 112 valence electrons. The third-order valence-corrected chi connectivity index (χ3v) is 4.39. The predicted octanol–water partition coefficient (Wildman–Crippen LogP) is 2.30. The van der Waals surface area contributed by atoms with E-state index in [1.807, 2.05) is 18.2 Å². The van der Waals surface area contributed by atoms with Crippen molar-refractivity contribution in [1.29, 1.82) is 0 Å². The molecule has 1 fully saturated rings. The highest BCUT2D eigenvalue weighted by atomic mass is 16.5. The van der Waals surface area contributed by atoms with Crippen molar-refractivity contribution in [2.24, 2.45) is 11.7 Å². The number of hydrogen-bond acceptors (Lipinski definition) is 4. The lowest BCUT2D eigenvalue weighted by Gasteiger charge is -2.34. The number of ether oxygens (including phenoxy) is 2. The first-order valence-electron chi connectivity index (χ1n) is 7.31. The van der Waals surface area contributed by atoms with Crippen LogP contribution in [0.4, 0.5) is 0 Å². The van der Waals surface area contributed by atoms with Crippen molar-refractivity contribution in [3.63, 3.8) is 0 Å². The van der Waals surface area contributed by atoms with E-state index >= 15 is 0 Å². The molecule has 0 radical (unpaired) electrons. The molecule has 3 atom stereocenters. The Morgan fingerprint density at radius 2 is 1.90 bits per heavy atom. The van der Waals surface area contributed by atoms with E-state index in [0.29, 0.717) is 12.3 Å². The smallest absolute Gasteiger partial charge is 0.160 e. The van der Waals surface area contributed by atoms with Gasteiger partial charge in [-0.25, -0.2) is 0 Å². The Morgan fingerprint density at radius 1 is 1.20 bits per heavy atom. The first-order chi connectivity index (χ1) is 9.71. The summed E-state index contributed by atoms with van der Waals surface area (Å²) in [5, 5.41) is 10.2. The number of hydrogen-bond donors (Lipinski definition) is 2. The number of methoxy groups -OCH3 is 2. The highest BCUT2D eigenvalue weighted by Gasteiger charge is 2.31. The summed E-state index contributed by atoms with van der Waals surface area (Å²) in [7, 11) is 3.26. The number of aliphatic hydroxyl groups is 1. The van der Waals surface area contributed by atoms with Gasteiger partial charge in [0.25, 0.3) is 0 Å². The van der Waals surface area contributed by atoms with Gasteiger partial charge in [0, 0.05) is 5.92 Å². The van der Waals surface area contributed by atoms with Gasteiger partial charge in [-0.2, -0.15) is 0 Å². The van der Waals surface area contributed by atoms with Gasteiger partial charge in [0.15, 0.2) is 11.5 Å². The molecule has 2 rings (SSSR count). The van der Waals surface area contributed by atoms with Gasteiger partial charge in [-0.05, 0) is 43.0 Å². The zero-order valence-electron chi connectivity index (χ0n) is 12.3. The van der Waals surface area contributed by atoms with Crippen LogP contribution in [-0.4, -0.2) is 32.0 Å². The Labute approximate surface area is 120 Å². The van der Waals surface area contributed by atoms with Crippen molar-refractivity contribution in [2.75, 3.05) is 20.8 Å². The highest BCUT2D eigenvalue weighted by molar-refractivity contribution is 5.44. The molecular formula is C16H25NO3. The van der Waals surface area contributed by atoms with E-state index < -0.39 is 0 Å². The van der Waals surface area contributed by atoms with Crippen LogP contribution in [0.3, 0.4) is 0 Å². The van der Waals surface area contributed by atoms with Crippen molar-refractivity contribution in [3.8, 4) is 11.5 Å². The maximum absolute atomic E-state index is 10.2. The molecule has 0 amide bonds. The Hall–Kier alpha value is -1.26. The fraction of sp³-hybridized carbons (Fsp3) is 0.625. The molecule has 0 saturated heterocycles. The molecule has 20 heavy (non-hydrogen) atoms. The molecule has 0 aliphatic heterocycles. The van der Waals surface area contributed by atoms with E-state index in [1.54, 1.807) is 14.2 Å². The molecule has 1 aliphatic carbocycles. The lowest BCUT2D eigenvalue weighted by Crippen LogP contribution is -2.33. The second-order valence-corrected chi connectivity index (χ2v) is 5.47. The normalized spacial score (nSPS) is 24.2. The summed E-state index contributed by atoms with van der Waals surface area (Å²) < 4.78 is 10.6. The van der Waals surface area contributed by atoms with Crippen LogP contribution in [0.2, 0.25) is 0 Å². The molecule has 0 heterocycles. The quantitative estimate of drug-likeness (QED) is 0.868. The van der Waals surface area contributed by atoms with Crippen LogP contribution in [0.15, 0.2) is 18.2 Å². The summed E-state index contributed by atoms with van der Waals surface area (Å²) in [4.78, 5) is 0. The minimum absolute atomic E-state index is 0.171. The first kappa shape index (κ1) is 15.1. The molecule has 1 saturated carbocycles. The van der Waals surface area contributed by atoms with Crippen LogP contribution in [0.25, 0.3) is 0 Å². The Bertz CT molecular complexity index is 436. The van der Waals surface area contributed by atoms with E-state index in [-0.39, 0.29) is 17.9 Å². The summed E-state index contributed by atoms with van der Waals surface area (Å²) in [5.74, 6) is 1.85. The van der Waals surface area contributed by atoms with Crippen LogP contribution in [0, 0.1) is 5.92 Å². The second kappa shape index (κ2) is 6.95. The fourth-order valence-corrected chi connectivity index (χ4v) is 3.25. The number of benzene rings is 1. The Balaban J connectivity index is 2.26.